The smallest absolute Gasteiger partial charge is 0.164 e. The molecule has 0 fully saturated rings. The molecule has 4 heteroatoms. The molecular formula is C60H42N4. The Bertz CT molecular complexity index is 3430. The monoisotopic (exact) mass is 818 g/mol. The Morgan fingerprint density at radius 2 is 0.891 bits per heavy atom. The molecule has 1 aliphatic rings. The number of aromatic nitrogens is 4. The van der Waals surface area contributed by atoms with Crippen LogP contribution in [0.1, 0.15) is 33.4 Å². The standard InChI is InChI=1S/C60H42N4/c1-39-26-31-45(32-27-39)60(46-33-28-40(2)29-34-46)52-24-14-12-23-49(52)56-51(59-62-57(41-16-6-3-7-17-41)61-58(63-59)42-18-8-4-9-19-42)37-44(38-53(56)60)43-30-35-55-50(36-43)48-22-13-15-25-54(48)64(55)47-20-10-5-11-21-47/h3-38H,1-2H3. The number of para-hydroxylation sites is 2. The van der Waals surface area contributed by atoms with E-state index in [1.54, 1.807) is 0 Å². The van der Waals surface area contributed by atoms with Crippen LogP contribution in [0.15, 0.2) is 218 Å². The van der Waals surface area contributed by atoms with E-state index in [0.717, 1.165) is 44.6 Å². The molecule has 0 unspecified atom stereocenters. The zero-order valence-electron chi connectivity index (χ0n) is 35.6. The minimum absolute atomic E-state index is 0.631. The molecule has 2 heterocycles. The van der Waals surface area contributed by atoms with E-state index in [1.165, 1.54) is 55.2 Å². The zero-order valence-corrected chi connectivity index (χ0v) is 35.6. The largest absolute Gasteiger partial charge is 0.309 e. The van der Waals surface area contributed by atoms with Crippen LogP contribution in [0.5, 0.6) is 0 Å². The van der Waals surface area contributed by atoms with E-state index >= 15 is 0 Å². The number of rotatable bonds is 7. The van der Waals surface area contributed by atoms with Gasteiger partial charge in [0.2, 0.25) is 0 Å². The summed E-state index contributed by atoms with van der Waals surface area (Å²) in [6, 6.07) is 78.8. The van der Waals surface area contributed by atoms with Gasteiger partial charge in [-0.15, -0.1) is 0 Å². The summed E-state index contributed by atoms with van der Waals surface area (Å²) in [7, 11) is 0. The Labute approximate surface area is 372 Å². The van der Waals surface area contributed by atoms with Crippen LogP contribution in [-0.4, -0.2) is 19.5 Å². The molecule has 12 rings (SSSR count). The molecule has 0 radical (unpaired) electrons. The van der Waals surface area contributed by atoms with Gasteiger partial charge in [0.1, 0.15) is 0 Å². The van der Waals surface area contributed by atoms with Gasteiger partial charge in [-0.25, -0.2) is 15.0 Å². The topological polar surface area (TPSA) is 43.6 Å². The second-order valence-corrected chi connectivity index (χ2v) is 16.9. The number of nitrogens with zero attached hydrogens (tertiary/aromatic N) is 4. The summed E-state index contributed by atoms with van der Waals surface area (Å²) >= 11 is 0. The molecule has 0 aliphatic heterocycles. The highest BCUT2D eigenvalue weighted by atomic mass is 15.0. The number of aryl methyl sites for hydroxylation is 2. The Hall–Kier alpha value is -8.21. The average molecular weight is 819 g/mol. The van der Waals surface area contributed by atoms with Crippen molar-refractivity contribution in [3.63, 3.8) is 0 Å². The second kappa shape index (κ2) is 15.0. The Morgan fingerprint density at radius 3 is 1.53 bits per heavy atom. The van der Waals surface area contributed by atoms with E-state index < -0.39 is 5.41 Å². The lowest BCUT2D eigenvalue weighted by atomic mass is 9.67. The van der Waals surface area contributed by atoms with Crippen molar-refractivity contribution >= 4 is 21.8 Å². The van der Waals surface area contributed by atoms with Gasteiger partial charge in [0, 0.05) is 33.2 Å². The molecule has 0 atom stereocenters. The van der Waals surface area contributed by atoms with Gasteiger partial charge in [0.15, 0.2) is 17.5 Å². The van der Waals surface area contributed by atoms with Gasteiger partial charge in [-0.3, -0.25) is 0 Å². The molecule has 11 aromatic rings. The van der Waals surface area contributed by atoms with Crippen LogP contribution in [0.3, 0.4) is 0 Å². The molecule has 0 saturated heterocycles. The molecule has 0 amide bonds. The molecule has 64 heavy (non-hydrogen) atoms. The summed E-state index contributed by atoms with van der Waals surface area (Å²) in [5.41, 5.74) is 17.5. The fourth-order valence-corrected chi connectivity index (χ4v) is 10.1. The van der Waals surface area contributed by atoms with Gasteiger partial charge in [-0.2, -0.15) is 0 Å². The summed E-state index contributed by atoms with van der Waals surface area (Å²) in [5, 5.41) is 2.41. The van der Waals surface area contributed by atoms with Gasteiger partial charge in [-0.05, 0) is 101 Å². The van der Waals surface area contributed by atoms with E-state index in [2.05, 4.69) is 200 Å². The lowest BCUT2D eigenvalue weighted by molar-refractivity contribution is 0.768. The Kier molecular flexibility index (Phi) is 8.80. The van der Waals surface area contributed by atoms with Gasteiger partial charge >= 0.3 is 0 Å². The molecule has 0 bridgehead atoms. The molecule has 9 aromatic carbocycles. The third kappa shape index (κ3) is 5.95. The molecule has 1 aliphatic carbocycles. The summed E-state index contributed by atoms with van der Waals surface area (Å²) in [5.74, 6) is 1.90. The van der Waals surface area contributed by atoms with Crippen molar-refractivity contribution in [2.45, 2.75) is 19.3 Å². The van der Waals surface area contributed by atoms with Crippen molar-refractivity contribution in [3.8, 4) is 62.1 Å². The van der Waals surface area contributed by atoms with Crippen LogP contribution < -0.4 is 0 Å². The average Bonchev–Trinajstić information content (AvgIpc) is 3.85. The van der Waals surface area contributed by atoms with E-state index in [-0.39, 0.29) is 0 Å². The third-order valence-electron chi connectivity index (χ3n) is 13.1. The normalized spacial score (nSPS) is 12.7. The number of hydrogen-bond donors (Lipinski definition) is 0. The number of benzene rings is 9. The Morgan fingerprint density at radius 1 is 0.359 bits per heavy atom. The first-order valence-corrected chi connectivity index (χ1v) is 21.9. The highest BCUT2D eigenvalue weighted by molar-refractivity contribution is 6.10. The first kappa shape index (κ1) is 37.5. The summed E-state index contributed by atoms with van der Waals surface area (Å²) in [4.78, 5) is 15.9. The van der Waals surface area contributed by atoms with Gasteiger partial charge in [0.05, 0.1) is 16.4 Å². The predicted molar refractivity (Wildman–Crippen MR) is 263 cm³/mol. The molecule has 302 valence electrons. The molecule has 0 saturated carbocycles. The fourth-order valence-electron chi connectivity index (χ4n) is 10.1. The van der Waals surface area contributed by atoms with Crippen molar-refractivity contribution in [1.82, 2.24) is 19.5 Å². The molecule has 2 aromatic heterocycles. The van der Waals surface area contributed by atoms with Crippen LogP contribution in [0.4, 0.5) is 0 Å². The minimum Gasteiger partial charge on any atom is -0.309 e. The summed E-state index contributed by atoms with van der Waals surface area (Å²) in [6.45, 7) is 4.32. The lowest BCUT2D eigenvalue weighted by Crippen LogP contribution is -2.28. The van der Waals surface area contributed by atoms with Gasteiger partial charge < -0.3 is 4.57 Å². The van der Waals surface area contributed by atoms with E-state index in [1.807, 2.05) is 36.4 Å². The van der Waals surface area contributed by atoms with E-state index in [9.17, 15) is 0 Å². The SMILES string of the molecule is Cc1ccc(C2(c3ccc(C)cc3)c3ccccc3-c3c(-c4nc(-c5ccccc5)nc(-c5ccccc5)n4)cc(-c4ccc5c(c4)c4ccccc4n5-c4ccccc4)cc32)cc1. The highest BCUT2D eigenvalue weighted by Crippen LogP contribution is 2.59. The maximum absolute atomic E-state index is 5.40. The van der Waals surface area contributed by atoms with Crippen molar-refractivity contribution in [3.05, 3.63) is 252 Å². The van der Waals surface area contributed by atoms with Crippen LogP contribution in [0, 0.1) is 13.8 Å². The van der Waals surface area contributed by atoms with E-state index in [4.69, 9.17) is 15.0 Å². The van der Waals surface area contributed by atoms with Crippen molar-refractivity contribution in [2.24, 2.45) is 0 Å². The van der Waals surface area contributed by atoms with Crippen LogP contribution in [0.2, 0.25) is 0 Å². The second-order valence-electron chi connectivity index (χ2n) is 16.9. The molecule has 4 nitrogen and oxygen atoms in total. The first-order valence-electron chi connectivity index (χ1n) is 21.9. The Balaban J connectivity index is 1.21. The zero-order chi connectivity index (χ0) is 42.8. The van der Waals surface area contributed by atoms with Crippen LogP contribution in [0.25, 0.3) is 83.9 Å². The van der Waals surface area contributed by atoms with Crippen molar-refractivity contribution in [1.29, 1.82) is 0 Å². The maximum Gasteiger partial charge on any atom is 0.164 e. The number of hydrogen-bond acceptors (Lipinski definition) is 3. The lowest BCUT2D eigenvalue weighted by Gasteiger charge is -2.34. The predicted octanol–water partition coefficient (Wildman–Crippen LogP) is 14.6. The number of fused-ring (bicyclic) bond motifs is 6. The quantitative estimate of drug-likeness (QED) is 0.161. The first-order chi connectivity index (χ1) is 31.5. The van der Waals surface area contributed by atoms with Gasteiger partial charge in [0.25, 0.3) is 0 Å². The molecular weight excluding hydrogens is 777 g/mol. The van der Waals surface area contributed by atoms with Gasteiger partial charge in [-0.1, -0.05) is 187 Å². The molecule has 0 spiro atoms. The van der Waals surface area contributed by atoms with Crippen LogP contribution in [-0.2, 0) is 5.41 Å². The summed E-state index contributed by atoms with van der Waals surface area (Å²) in [6.07, 6.45) is 0. The molecule has 0 N–H and O–H groups in total. The maximum atomic E-state index is 5.40. The van der Waals surface area contributed by atoms with Crippen molar-refractivity contribution in [2.75, 3.05) is 0 Å². The van der Waals surface area contributed by atoms with Crippen molar-refractivity contribution < 1.29 is 0 Å². The van der Waals surface area contributed by atoms with Crippen LogP contribution >= 0.6 is 0 Å². The van der Waals surface area contributed by atoms with E-state index in [0.29, 0.717) is 17.5 Å². The fraction of sp³-hybridized carbons (Fsp3) is 0.0500. The summed E-state index contributed by atoms with van der Waals surface area (Å²) < 4.78 is 2.38. The minimum atomic E-state index is -0.650. The highest BCUT2D eigenvalue weighted by Gasteiger charge is 2.47. The third-order valence-corrected chi connectivity index (χ3v) is 13.1.